The zero-order valence-corrected chi connectivity index (χ0v) is 25.1. The van der Waals surface area contributed by atoms with Crippen LogP contribution in [0.2, 0.25) is 0 Å². The van der Waals surface area contributed by atoms with Crippen LogP contribution in [0.5, 0.6) is 0 Å². The molecule has 0 aliphatic carbocycles. The van der Waals surface area contributed by atoms with Gasteiger partial charge in [-0.1, -0.05) is 95.1 Å². The van der Waals surface area contributed by atoms with Crippen LogP contribution in [0, 0.1) is 27.7 Å². The van der Waals surface area contributed by atoms with E-state index < -0.39 is 0 Å². The van der Waals surface area contributed by atoms with E-state index in [0.717, 1.165) is 0 Å². The quantitative estimate of drug-likeness (QED) is 0.211. The number of fused-ring (bicyclic) bond motifs is 6. The monoisotopic (exact) mass is 542 g/mol. The predicted octanol–water partition coefficient (Wildman–Crippen LogP) is 10.8. The van der Waals surface area contributed by atoms with Crippen LogP contribution in [0.25, 0.3) is 66.0 Å². The van der Waals surface area contributed by atoms with E-state index in [0.29, 0.717) is 0 Å². The Morgan fingerprint density at radius 2 is 1.05 bits per heavy atom. The molecule has 1 aliphatic heterocycles. The van der Waals surface area contributed by atoms with Crippen molar-refractivity contribution in [1.29, 1.82) is 0 Å². The van der Waals surface area contributed by atoms with Gasteiger partial charge in [0.25, 0.3) is 0 Å². The number of nitrogens with zero attached hydrogens (tertiary/aromatic N) is 2. The first-order valence-electron chi connectivity index (χ1n) is 14.8. The lowest BCUT2D eigenvalue weighted by atomic mass is 9.88. The van der Waals surface area contributed by atoms with Gasteiger partial charge in [-0.05, 0) is 85.2 Å². The van der Waals surface area contributed by atoms with Crippen LogP contribution in [-0.2, 0) is 7.05 Å². The van der Waals surface area contributed by atoms with Gasteiger partial charge >= 0.3 is 0 Å². The minimum absolute atomic E-state index is 1.25. The van der Waals surface area contributed by atoms with E-state index in [4.69, 9.17) is 0 Å². The minimum Gasteiger partial charge on any atom is -0.344 e. The highest BCUT2D eigenvalue weighted by Gasteiger charge is 2.26. The molecule has 0 fully saturated rings. The normalized spacial score (nSPS) is 12.5. The molecule has 0 radical (unpaired) electrons. The standard InChI is InChI=1S/C40H34N2/c1-23-14-24(2)17-29(16-23)27-10-12-31-34-22-38-39(33-8-7-9-35(40(33)34)41(5)36(31)20-27)32-13-11-28(21-37(32)42(38)6)30-18-25(3)15-26(4)19-30/h7-22H,1-6H3. The van der Waals surface area contributed by atoms with Gasteiger partial charge in [-0.15, -0.1) is 0 Å². The predicted molar refractivity (Wildman–Crippen MR) is 181 cm³/mol. The summed E-state index contributed by atoms with van der Waals surface area (Å²) in [6.07, 6.45) is 0. The van der Waals surface area contributed by atoms with E-state index in [1.807, 2.05) is 0 Å². The molecule has 42 heavy (non-hydrogen) atoms. The first-order chi connectivity index (χ1) is 20.3. The largest absolute Gasteiger partial charge is 0.344 e. The molecule has 2 heterocycles. The van der Waals surface area contributed by atoms with E-state index in [2.05, 4.69) is 148 Å². The second kappa shape index (κ2) is 8.84. The van der Waals surface area contributed by atoms with Crippen molar-refractivity contribution < 1.29 is 0 Å². The third kappa shape index (κ3) is 3.58. The summed E-state index contributed by atoms with van der Waals surface area (Å²) >= 11 is 0. The van der Waals surface area contributed by atoms with Gasteiger partial charge in [0, 0.05) is 52.7 Å². The average molecular weight is 543 g/mol. The topological polar surface area (TPSA) is 8.17 Å². The number of hydrogen-bond donors (Lipinski definition) is 0. The molecule has 0 saturated carbocycles. The molecule has 6 aromatic carbocycles. The van der Waals surface area contributed by atoms with Crippen molar-refractivity contribution in [2.45, 2.75) is 27.7 Å². The molecule has 8 rings (SSSR count). The average Bonchev–Trinajstić information content (AvgIpc) is 3.25. The van der Waals surface area contributed by atoms with Gasteiger partial charge in [-0.25, -0.2) is 0 Å². The van der Waals surface area contributed by atoms with Crippen molar-refractivity contribution in [3.63, 3.8) is 0 Å². The second-order valence-electron chi connectivity index (χ2n) is 12.4. The van der Waals surface area contributed by atoms with Crippen LogP contribution in [-0.4, -0.2) is 11.6 Å². The van der Waals surface area contributed by atoms with E-state index in [1.54, 1.807) is 0 Å². The zero-order valence-electron chi connectivity index (χ0n) is 25.1. The van der Waals surface area contributed by atoms with Crippen LogP contribution in [0.3, 0.4) is 0 Å². The number of anilines is 2. The Balaban J connectivity index is 1.39. The third-order valence-corrected chi connectivity index (χ3v) is 9.23. The molecule has 0 unspecified atom stereocenters. The lowest BCUT2D eigenvalue weighted by Crippen LogP contribution is -2.15. The van der Waals surface area contributed by atoms with E-state index in [1.165, 1.54) is 99.6 Å². The number of benzene rings is 6. The third-order valence-electron chi connectivity index (χ3n) is 9.23. The molecule has 1 aliphatic rings. The number of rotatable bonds is 2. The SMILES string of the molecule is Cc1cc(C)cc(-c2ccc3c(c2)N(C)c2cccc4c2c-3cc2c4c3ccc(-c4cc(C)cc(C)c4)cc3n2C)c1. The zero-order chi connectivity index (χ0) is 28.9. The summed E-state index contributed by atoms with van der Waals surface area (Å²) in [5.74, 6) is 0. The maximum Gasteiger partial charge on any atom is 0.0501 e. The highest BCUT2D eigenvalue weighted by molar-refractivity contribution is 6.27. The van der Waals surface area contributed by atoms with Crippen molar-refractivity contribution in [2.75, 3.05) is 11.9 Å². The van der Waals surface area contributed by atoms with Crippen LogP contribution in [0.1, 0.15) is 22.3 Å². The Labute approximate surface area is 247 Å². The summed E-state index contributed by atoms with van der Waals surface area (Å²) in [4.78, 5) is 2.38. The molecule has 0 amide bonds. The van der Waals surface area contributed by atoms with Gasteiger partial charge in [0.15, 0.2) is 0 Å². The molecular formula is C40H34N2. The highest BCUT2D eigenvalue weighted by atomic mass is 15.1. The first-order valence-corrected chi connectivity index (χ1v) is 14.8. The van der Waals surface area contributed by atoms with Crippen molar-refractivity contribution >= 4 is 44.0 Å². The molecule has 204 valence electrons. The summed E-state index contributed by atoms with van der Waals surface area (Å²) < 4.78 is 2.39. The lowest BCUT2D eigenvalue weighted by molar-refractivity contribution is 1.01. The second-order valence-corrected chi connectivity index (χ2v) is 12.4. The molecule has 2 heteroatoms. The summed E-state index contributed by atoms with van der Waals surface area (Å²) in [7, 11) is 4.43. The fourth-order valence-corrected chi connectivity index (χ4v) is 7.45. The Morgan fingerprint density at radius 3 is 1.71 bits per heavy atom. The molecule has 0 saturated heterocycles. The van der Waals surface area contributed by atoms with Crippen molar-refractivity contribution in [2.24, 2.45) is 7.05 Å². The Hall–Kier alpha value is -4.82. The summed E-state index contributed by atoms with van der Waals surface area (Å²) in [5, 5.41) is 5.30. The Morgan fingerprint density at radius 1 is 0.429 bits per heavy atom. The van der Waals surface area contributed by atoms with Gasteiger partial charge < -0.3 is 9.47 Å². The van der Waals surface area contributed by atoms with Gasteiger partial charge in [0.05, 0.1) is 5.52 Å². The van der Waals surface area contributed by atoms with Gasteiger partial charge in [0.2, 0.25) is 0 Å². The van der Waals surface area contributed by atoms with Crippen molar-refractivity contribution in [3.05, 3.63) is 119 Å². The molecule has 0 bridgehead atoms. The van der Waals surface area contributed by atoms with Crippen LogP contribution in [0.15, 0.2) is 97.1 Å². The van der Waals surface area contributed by atoms with Crippen LogP contribution >= 0.6 is 0 Å². The summed E-state index contributed by atoms with van der Waals surface area (Å²) in [6, 6.07) is 36.9. The highest BCUT2D eigenvalue weighted by Crippen LogP contribution is 2.51. The molecule has 7 aromatic rings. The maximum atomic E-state index is 2.43. The minimum atomic E-state index is 1.25. The molecular weight excluding hydrogens is 508 g/mol. The van der Waals surface area contributed by atoms with Crippen LogP contribution in [0.4, 0.5) is 11.4 Å². The Kier molecular flexibility index (Phi) is 5.25. The number of hydrogen-bond acceptors (Lipinski definition) is 1. The smallest absolute Gasteiger partial charge is 0.0501 e. The molecule has 0 spiro atoms. The molecule has 1 aromatic heterocycles. The van der Waals surface area contributed by atoms with E-state index >= 15 is 0 Å². The molecule has 2 nitrogen and oxygen atoms in total. The van der Waals surface area contributed by atoms with Gasteiger partial charge in [-0.2, -0.15) is 0 Å². The fourth-order valence-electron chi connectivity index (χ4n) is 7.45. The first kappa shape index (κ1) is 24.9. The van der Waals surface area contributed by atoms with Crippen molar-refractivity contribution in [3.8, 4) is 33.4 Å². The summed E-state index contributed by atoms with van der Waals surface area (Å²) in [5.41, 5.74) is 17.9. The van der Waals surface area contributed by atoms with Gasteiger partial charge in [-0.3, -0.25) is 0 Å². The Bertz CT molecular complexity index is 2220. The number of aromatic nitrogens is 1. The molecule has 0 atom stereocenters. The summed E-state index contributed by atoms with van der Waals surface area (Å²) in [6.45, 7) is 8.71. The lowest BCUT2D eigenvalue weighted by Gasteiger charge is -2.31. The maximum absolute atomic E-state index is 2.43. The molecule has 0 N–H and O–H groups in total. The van der Waals surface area contributed by atoms with Gasteiger partial charge in [0.1, 0.15) is 0 Å². The van der Waals surface area contributed by atoms with E-state index in [-0.39, 0.29) is 0 Å². The van der Waals surface area contributed by atoms with Crippen molar-refractivity contribution in [1.82, 2.24) is 4.57 Å². The number of aryl methyl sites for hydroxylation is 5. The fraction of sp³-hybridized carbons (Fsp3) is 0.150. The van der Waals surface area contributed by atoms with Crippen LogP contribution < -0.4 is 4.90 Å². The van der Waals surface area contributed by atoms with E-state index in [9.17, 15) is 0 Å².